The summed E-state index contributed by atoms with van der Waals surface area (Å²) in [5, 5.41) is 37.0. The molecule has 0 bridgehead atoms. The van der Waals surface area contributed by atoms with Crippen molar-refractivity contribution in [1.82, 2.24) is 0 Å². The van der Waals surface area contributed by atoms with E-state index in [4.69, 9.17) is 19.7 Å². The third kappa shape index (κ3) is 2.66. The highest BCUT2D eigenvalue weighted by Gasteiger charge is 2.43. The summed E-state index contributed by atoms with van der Waals surface area (Å²) in [5.41, 5.74) is 0. The minimum Gasteiger partial charge on any atom is -0.396 e. The molecule has 3 unspecified atom stereocenters. The summed E-state index contributed by atoms with van der Waals surface area (Å²) >= 11 is 0. The van der Waals surface area contributed by atoms with Crippen molar-refractivity contribution in [3.05, 3.63) is 0 Å². The second-order valence-electron chi connectivity index (χ2n) is 3.59. The number of hydrogen-bond acceptors (Lipinski definition) is 6. The molecule has 1 heterocycles. The standard InChI is InChI=1S/C9H18O6/c1-14-9-5(2-3-10)15-6(4-11)7(12)8(9)13/h5-13H,2-4H2,1H3/t5-,6?,7+,8?,9?/m1/s1. The molecule has 5 atom stereocenters. The van der Waals surface area contributed by atoms with Gasteiger partial charge in [0.05, 0.1) is 12.7 Å². The fraction of sp³-hybridized carbons (Fsp3) is 1.00. The molecule has 15 heavy (non-hydrogen) atoms. The van der Waals surface area contributed by atoms with Crippen LogP contribution in [0.15, 0.2) is 0 Å². The second kappa shape index (κ2) is 5.74. The molecule has 0 aromatic rings. The molecule has 1 aliphatic heterocycles. The van der Waals surface area contributed by atoms with Crippen molar-refractivity contribution in [2.24, 2.45) is 0 Å². The van der Waals surface area contributed by atoms with Crippen molar-refractivity contribution in [3.8, 4) is 0 Å². The lowest BCUT2D eigenvalue weighted by Crippen LogP contribution is -2.59. The number of ether oxygens (including phenoxy) is 2. The smallest absolute Gasteiger partial charge is 0.112 e. The first kappa shape index (κ1) is 12.8. The lowest BCUT2D eigenvalue weighted by atomic mass is 9.93. The largest absolute Gasteiger partial charge is 0.396 e. The Hall–Kier alpha value is -0.240. The number of rotatable bonds is 4. The summed E-state index contributed by atoms with van der Waals surface area (Å²) < 4.78 is 10.3. The van der Waals surface area contributed by atoms with E-state index < -0.39 is 30.5 Å². The molecule has 0 amide bonds. The van der Waals surface area contributed by atoms with Crippen LogP contribution in [0, 0.1) is 0 Å². The Kier molecular flexibility index (Phi) is 4.91. The van der Waals surface area contributed by atoms with Gasteiger partial charge in [0.2, 0.25) is 0 Å². The first-order valence-corrected chi connectivity index (χ1v) is 4.91. The van der Waals surface area contributed by atoms with Gasteiger partial charge in [0.15, 0.2) is 0 Å². The molecule has 0 saturated carbocycles. The Morgan fingerprint density at radius 1 is 1.13 bits per heavy atom. The predicted octanol–water partition coefficient (Wildman–Crippen LogP) is -2.13. The molecule has 1 saturated heterocycles. The summed E-state index contributed by atoms with van der Waals surface area (Å²) in [5.74, 6) is 0. The maximum atomic E-state index is 9.69. The number of aliphatic hydroxyl groups is 4. The van der Waals surface area contributed by atoms with Gasteiger partial charge >= 0.3 is 0 Å². The van der Waals surface area contributed by atoms with Crippen LogP contribution in [0.2, 0.25) is 0 Å². The Morgan fingerprint density at radius 2 is 1.80 bits per heavy atom. The van der Waals surface area contributed by atoms with Gasteiger partial charge in [-0.05, 0) is 6.42 Å². The van der Waals surface area contributed by atoms with Gasteiger partial charge in [-0.25, -0.2) is 0 Å². The Labute approximate surface area is 88.1 Å². The molecule has 1 aliphatic rings. The maximum absolute atomic E-state index is 9.69. The maximum Gasteiger partial charge on any atom is 0.112 e. The normalized spacial score (nSPS) is 41.8. The predicted molar refractivity (Wildman–Crippen MR) is 50.3 cm³/mol. The summed E-state index contributed by atoms with van der Waals surface area (Å²) in [6.07, 6.45) is -4.03. The van der Waals surface area contributed by atoms with Crippen molar-refractivity contribution in [2.75, 3.05) is 20.3 Å². The molecule has 90 valence electrons. The van der Waals surface area contributed by atoms with E-state index >= 15 is 0 Å². The molecule has 6 heteroatoms. The third-order valence-corrected chi connectivity index (χ3v) is 2.65. The first-order chi connectivity index (χ1) is 7.15. The lowest BCUT2D eigenvalue weighted by molar-refractivity contribution is -0.238. The van der Waals surface area contributed by atoms with Crippen LogP contribution in [-0.2, 0) is 9.47 Å². The molecular formula is C9H18O6. The minimum absolute atomic E-state index is 0.106. The quantitative estimate of drug-likeness (QED) is 0.433. The zero-order valence-electron chi connectivity index (χ0n) is 8.61. The van der Waals surface area contributed by atoms with E-state index in [1.54, 1.807) is 0 Å². The van der Waals surface area contributed by atoms with Crippen LogP contribution in [0.4, 0.5) is 0 Å². The molecule has 0 radical (unpaired) electrons. The highest BCUT2D eigenvalue weighted by atomic mass is 16.6. The van der Waals surface area contributed by atoms with Gasteiger partial charge in [-0.1, -0.05) is 0 Å². The van der Waals surface area contributed by atoms with Crippen molar-refractivity contribution < 1.29 is 29.9 Å². The minimum atomic E-state index is -1.17. The molecule has 4 N–H and O–H groups in total. The van der Waals surface area contributed by atoms with E-state index in [1.807, 2.05) is 0 Å². The van der Waals surface area contributed by atoms with E-state index in [1.165, 1.54) is 7.11 Å². The van der Waals surface area contributed by atoms with Crippen LogP contribution >= 0.6 is 0 Å². The molecular weight excluding hydrogens is 204 g/mol. The molecule has 0 aromatic heterocycles. The van der Waals surface area contributed by atoms with Gasteiger partial charge < -0.3 is 29.9 Å². The molecule has 0 spiro atoms. The van der Waals surface area contributed by atoms with Crippen molar-refractivity contribution in [3.63, 3.8) is 0 Å². The van der Waals surface area contributed by atoms with E-state index in [2.05, 4.69) is 0 Å². The fourth-order valence-electron chi connectivity index (χ4n) is 1.82. The van der Waals surface area contributed by atoms with Crippen LogP contribution in [0.1, 0.15) is 6.42 Å². The van der Waals surface area contributed by atoms with Gasteiger partial charge in [0.25, 0.3) is 0 Å². The average Bonchev–Trinajstić information content (AvgIpc) is 2.24. The fourth-order valence-corrected chi connectivity index (χ4v) is 1.82. The number of methoxy groups -OCH3 is 1. The third-order valence-electron chi connectivity index (χ3n) is 2.65. The Bertz CT molecular complexity index is 187. The van der Waals surface area contributed by atoms with Gasteiger partial charge in [-0.2, -0.15) is 0 Å². The summed E-state index contributed by atoms with van der Waals surface area (Å²) in [7, 11) is 1.40. The molecule has 0 aliphatic carbocycles. The molecule has 1 rings (SSSR count). The second-order valence-corrected chi connectivity index (χ2v) is 3.59. The van der Waals surface area contributed by atoms with Crippen LogP contribution in [0.25, 0.3) is 0 Å². The van der Waals surface area contributed by atoms with E-state index in [0.717, 1.165) is 0 Å². The Balaban J connectivity index is 2.70. The van der Waals surface area contributed by atoms with Gasteiger partial charge in [0.1, 0.15) is 24.4 Å². The molecule has 6 nitrogen and oxygen atoms in total. The zero-order chi connectivity index (χ0) is 11.4. The van der Waals surface area contributed by atoms with Crippen LogP contribution < -0.4 is 0 Å². The van der Waals surface area contributed by atoms with Crippen molar-refractivity contribution in [2.45, 2.75) is 36.9 Å². The topological polar surface area (TPSA) is 99.4 Å². The van der Waals surface area contributed by atoms with Crippen LogP contribution in [-0.4, -0.2) is 71.3 Å². The molecule has 1 fully saturated rings. The first-order valence-electron chi connectivity index (χ1n) is 4.91. The highest BCUT2D eigenvalue weighted by molar-refractivity contribution is 4.92. The number of aliphatic hydroxyl groups excluding tert-OH is 4. The van der Waals surface area contributed by atoms with E-state index in [9.17, 15) is 10.2 Å². The average molecular weight is 222 g/mol. The van der Waals surface area contributed by atoms with Gasteiger partial charge in [0, 0.05) is 13.7 Å². The number of hydrogen-bond donors (Lipinski definition) is 4. The summed E-state index contributed by atoms with van der Waals surface area (Å²) in [6, 6.07) is 0. The summed E-state index contributed by atoms with van der Waals surface area (Å²) in [4.78, 5) is 0. The molecule has 0 aromatic carbocycles. The summed E-state index contributed by atoms with van der Waals surface area (Å²) in [6.45, 7) is -0.484. The monoisotopic (exact) mass is 222 g/mol. The lowest BCUT2D eigenvalue weighted by Gasteiger charge is -2.41. The Morgan fingerprint density at radius 3 is 2.27 bits per heavy atom. The van der Waals surface area contributed by atoms with Gasteiger partial charge in [-0.15, -0.1) is 0 Å². The van der Waals surface area contributed by atoms with Crippen molar-refractivity contribution in [1.29, 1.82) is 0 Å². The SMILES string of the molecule is COC1C(O)[C@@H](O)C(CO)O[C@@H]1CCO. The van der Waals surface area contributed by atoms with Gasteiger partial charge in [-0.3, -0.25) is 0 Å². The zero-order valence-corrected chi connectivity index (χ0v) is 8.61. The van der Waals surface area contributed by atoms with E-state index in [0.29, 0.717) is 6.42 Å². The van der Waals surface area contributed by atoms with E-state index in [-0.39, 0.29) is 13.2 Å². The van der Waals surface area contributed by atoms with Crippen LogP contribution in [0.5, 0.6) is 0 Å². The van der Waals surface area contributed by atoms with Crippen LogP contribution in [0.3, 0.4) is 0 Å². The highest BCUT2D eigenvalue weighted by Crippen LogP contribution is 2.24. The van der Waals surface area contributed by atoms with Crippen molar-refractivity contribution >= 4 is 0 Å².